The summed E-state index contributed by atoms with van der Waals surface area (Å²) in [7, 11) is 0. The molecule has 102 valence electrons. The zero-order valence-electron chi connectivity index (χ0n) is 10.7. The molecule has 0 aliphatic heterocycles. The SMILES string of the molecule is CCC(CCCCCCCCC(=O)O)C(=O)O.[KH]. The standard InChI is InChI=1S/C13H24O4.K.H/c1-2-11(13(16)17)9-7-5-3-4-6-8-10-12(14)15;;/h11H,2-10H2,1H3,(H,14,15)(H,16,17);;. The first-order chi connectivity index (χ1) is 8.07. The second kappa shape index (κ2) is 14.0. The quantitative estimate of drug-likeness (QED) is 0.452. The van der Waals surface area contributed by atoms with Gasteiger partial charge in [-0.3, -0.25) is 9.59 Å². The Bertz CT molecular complexity index is 231. The van der Waals surface area contributed by atoms with E-state index in [-0.39, 0.29) is 63.7 Å². The Morgan fingerprint density at radius 3 is 1.89 bits per heavy atom. The van der Waals surface area contributed by atoms with Crippen molar-refractivity contribution in [1.82, 2.24) is 0 Å². The summed E-state index contributed by atoms with van der Waals surface area (Å²) >= 11 is 0. The number of unbranched alkanes of at least 4 members (excludes halogenated alkanes) is 5. The summed E-state index contributed by atoms with van der Waals surface area (Å²) in [6, 6.07) is 0. The van der Waals surface area contributed by atoms with Crippen molar-refractivity contribution in [3.63, 3.8) is 0 Å². The van der Waals surface area contributed by atoms with Crippen molar-refractivity contribution in [2.24, 2.45) is 5.92 Å². The van der Waals surface area contributed by atoms with Gasteiger partial charge in [0, 0.05) is 6.42 Å². The first-order valence-electron chi connectivity index (χ1n) is 6.52. The van der Waals surface area contributed by atoms with E-state index in [1.165, 1.54) is 0 Å². The number of carboxylic acids is 2. The van der Waals surface area contributed by atoms with E-state index in [0.29, 0.717) is 6.42 Å². The van der Waals surface area contributed by atoms with E-state index in [1.54, 1.807) is 0 Å². The maximum absolute atomic E-state index is 10.7. The summed E-state index contributed by atoms with van der Waals surface area (Å²) in [5.41, 5.74) is 0. The molecular formula is C13H25KO4. The maximum atomic E-state index is 10.7. The average molecular weight is 284 g/mol. The van der Waals surface area contributed by atoms with Crippen LogP contribution in [0.3, 0.4) is 0 Å². The molecule has 5 heteroatoms. The Morgan fingerprint density at radius 2 is 1.44 bits per heavy atom. The molecule has 0 fully saturated rings. The zero-order chi connectivity index (χ0) is 13.1. The molecule has 0 rings (SSSR count). The Labute approximate surface area is 152 Å². The van der Waals surface area contributed by atoms with Crippen LogP contribution in [0.25, 0.3) is 0 Å². The van der Waals surface area contributed by atoms with Crippen LogP contribution < -0.4 is 0 Å². The van der Waals surface area contributed by atoms with E-state index in [2.05, 4.69) is 0 Å². The molecule has 4 nitrogen and oxygen atoms in total. The Balaban J connectivity index is 0. The molecule has 0 amide bonds. The molecular weight excluding hydrogens is 259 g/mol. The summed E-state index contributed by atoms with van der Waals surface area (Å²) in [6.45, 7) is 1.91. The third-order valence-electron chi connectivity index (χ3n) is 3.04. The van der Waals surface area contributed by atoms with Gasteiger partial charge in [-0.25, -0.2) is 0 Å². The summed E-state index contributed by atoms with van der Waals surface area (Å²) in [5.74, 6) is -1.60. The third kappa shape index (κ3) is 13.0. The minimum absolute atomic E-state index is 0. The van der Waals surface area contributed by atoms with E-state index in [0.717, 1.165) is 44.9 Å². The van der Waals surface area contributed by atoms with Crippen LogP contribution in [-0.2, 0) is 9.59 Å². The van der Waals surface area contributed by atoms with Crippen LogP contribution in [0.5, 0.6) is 0 Å². The molecule has 0 spiro atoms. The molecule has 0 heterocycles. The summed E-state index contributed by atoms with van der Waals surface area (Å²) < 4.78 is 0. The van der Waals surface area contributed by atoms with E-state index in [9.17, 15) is 9.59 Å². The number of hydrogen-bond acceptors (Lipinski definition) is 2. The molecule has 0 bridgehead atoms. The molecule has 0 saturated heterocycles. The molecule has 18 heavy (non-hydrogen) atoms. The van der Waals surface area contributed by atoms with Gasteiger partial charge in [0.25, 0.3) is 0 Å². The van der Waals surface area contributed by atoms with Gasteiger partial charge in [-0.05, 0) is 19.3 Å². The molecule has 0 aliphatic rings. The van der Waals surface area contributed by atoms with E-state index < -0.39 is 11.9 Å². The zero-order valence-corrected chi connectivity index (χ0v) is 10.7. The summed E-state index contributed by atoms with van der Waals surface area (Å²) in [6.07, 6.45) is 7.59. The van der Waals surface area contributed by atoms with Crippen molar-refractivity contribution in [2.45, 2.75) is 64.7 Å². The fourth-order valence-electron chi connectivity index (χ4n) is 1.88. The molecule has 0 aromatic carbocycles. The average Bonchev–Trinajstić information content (AvgIpc) is 2.26. The minimum atomic E-state index is -0.725. The van der Waals surface area contributed by atoms with Gasteiger partial charge in [-0.15, -0.1) is 0 Å². The second-order valence-electron chi connectivity index (χ2n) is 4.50. The van der Waals surface area contributed by atoms with Crippen LogP contribution in [0.15, 0.2) is 0 Å². The Morgan fingerprint density at radius 1 is 0.944 bits per heavy atom. The van der Waals surface area contributed by atoms with Gasteiger partial charge in [0.1, 0.15) is 0 Å². The van der Waals surface area contributed by atoms with Crippen molar-refractivity contribution >= 4 is 63.3 Å². The third-order valence-corrected chi connectivity index (χ3v) is 3.04. The van der Waals surface area contributed by atoms with Gasteiger partial charge in [0.2, 0.25) is 0 Å². The number of rotatable bonds is 11. The monoisotopic (exact) mass is 284 g/mol. The van der Waals surface area contributed by atoms with E-state index in [4.69, 9.17) is 10.2 Å². The van der Waals surface area contributed by atoms with Gasteiger partial charge in [-0.1, -0.05) is 39.0 Å². The molecule has 0 aromatic heterocycles. The topological polar surface area (TPSA) is 74.6 Å². The fraction of sp³-hybridized carbons (Fsp3) is 0.846. The first-order valence-corrected chi connectivity index (χ1v) is 6.52. The second-order valence-corrected chi connectivity index (χ2v) is 4.50. The van der Waals surface area contributed by atoms with Crippen molar-refractivity contribution in [1.29, 1.82) is 0 Å². The van der Waals surface area contributed by atoms with Gasteiger partial charge in [0.15, 0.2) is 0 Å². The molecule has 0 aromatic rings. The molecule has 0 radical (unpaired) electrons. The van der Waals surface area contributed by atoms with Crippen molar-refractivity contribution in [2.75, 3.05) is 0 Å². The molecule has 0 aliphatic carbocycles. The van der Waals surface area contributed by atoms with Crippen molar-refractivity contribution in [3.8, 4) is 0 Å². The fourth-order valence-corrected chi connectivity index (χ4v) is 1.88. The molecule has 1 unspecified atom stereocenters. The Hall–Kier alpha value is 0.576. The van der Waals surface area contributed by atoms with Crippen LogP contribution in [0.4, 0.5) is 0 Å². The summed E-state index contributed by atoms with van der Waals surface area (Å²) in [5, 5.41) is 17.3. The van der Waals surface area contributed by atoms with Crippen LogP contribution in [0.1, 0.15) is 64.7 Å². The summed E-state index contributed by atoms with van der Waals surface area (Å²) in [4.78, 5) is 21.0. The van der Waals surface area contributed by atoms with E-state index in [1.807, 2.05) is 6.92 Å². The van der Waals surface area contributed by atoms with E-state index >= 15 is 0 Å². The number of aliphatic carboxylic acids is 2. The molecule has 0 saturated carbocycles. The Kier molecular flexibility index (Phi) is 16.2. The van der Waals surface area contributed by atoms with Crippen LogP contribution in [0, 0.1) is 5.92 Å². The van der Waals surface area contributed by atoms with Crippen LogP contribution in [0.2, 0.25) is 0 Å². The number of carboxylic acid groups (broad SMARTS) is 2. The van der Waals surface area contributed by atoms with Gasteiger partial charge >= 0.3 is 63.3 Å². The van der Waals surface area contributed by atoms with Crippen LogP contribution >= 0.6 is 0 Å². The van der Waals surface area contributed by atoms with Gasteiger partial charge < -0.3 is 10.2 Å². The molecule has 2 N–H and O–H groups in total. The van der Waals surface area contributed by atoms with Gasteiger partial charge in [0.05, 0.1) is 5.92 Å². The van der Waals surface area contributed by atoms with Crippen molar-refractivity contribution in [3.05, 3.63) is 0 Å². The normalized spacial score (nSPS) is 11.6. The number of carbonyl (C=O) groups is 2. The molecule has 1 atom stereocenters. The first kappa shape index (κ1) is 20.9. The van der Waals surface area contributed by atoms with Crippen molar-refractivity contribution < 1.29 is 19.8 Å². The van der Waals surface area contributed by atoms with Crippen LogP contribution in [-0.4, -0.2) is 73.5 Å². The predicted molar refractivity (Wildman–Crippen MR) is 73.1 cm³/mol. The van der Waals surface area contributed by atoms with Gasteiger partial charge in [-0.2, -0.15) is 0 Å². The number of hydrogen-bond donors (Lipinski definition) is 2. The predicted octanol–water partition coefficient (Wildman–Crippen LogP) is 2.65.